The summed E-state index contributed by atoms with van der Waals surface area (Å²) in [4.78, 5) is 13.9. The van der Waals surface area contributed by atoms with E-state index in [1.54, 1.807) is 11.9 Å². The largest absolute Gasteiger partial charge is 0.411 e. The lowest BCUT2D eigenvalue weighted by Crippen LogP contribution is -2.27. The summed E-state index contributed by atoms with van der Waals surface area (Å²) in [5.74, 6) is 0.670. The van der Waals surface area contributed by atoms with Crippen molar-refractivity contribution in [1.82, 2.24) is 10.2 Å². The first-order valence-corrected chi connectivity index (χ1v) is 8.47. The van der Waals surface area contributed by atoms with Gasteiger partial charge in [-0.25, -0.2) is 0 Å². The van der Waals surface area contributed by atoms with Crippen molar-refractivity contribution in [2.45, 2.75) is 12.1 Å². The Bertz CT molecular complexity index is 816. The van der Waals surface area contributed by atoms with Crippen molar-refractivity contribution in [3.63, 3.8) is 0 Å². The van der Waals surface area contributed by atoms with E-state index in [1.807, 2.05) is 61.5 Å². The molecular weight excluding hydrogens is 322 g/mol. The van der Waals surface area contributed by atoms with Gasteiger partial charge in [-0.05, 0) is 31.2 Å². The van der Waals surface area contributed by atoms with E-state index >= 15 is 0 Å². The summed E-state index contributed by atoms with van der Waals surface area (Å²) in [5.41, 5.74) is 2.89. The van der Waals surface area contributed by atoms with E-state index < -0.39 is 0 Å². The maximum absolute atomic E-state index is 12.2. The summed E-state index contributed by atoms with van der Waals surface area (Å²) in [6, 6.07) is 17.4. The first-order chi connectivity index (χ1) is 11.6. The molecule has 0 unspecified atom stereocenters. The number of aryl methyl sites for hydroxylation is 1. The average Bonchev–Trinajstić information content (AvgIpc) is 3.09. The fraction of sp³-hybridized carbons (Fsp3) is 0.167. The molecule has 0 N–H and O–H groups in total. The summed E-state index contributed by atoms with van der Waals surface area (Å²) in [6.07, 6.45) is 0. The Morgan fingerprint density at radius 2 is 1.79 bits per heavy atom. The molecule has 2 aromatic carbocycles. The summed E-state index contributed by atoms with van der Waals surface area (Å²) in [6.45, 7) is 2.02. The van der Waals surface area contributed by atoms with Crippen molar-refractivity contribution in [1.29, 1.82) is 0 Å². The number of hydrogen-bond acceptors (Lipinski definition) is 5. The maximum atomic E-state index is 12.2. The highest BCUT2D eigenvalue weighted by Gasteiger charge is 2.14. The number of nitrogens with zero attached hydrogens (tertiary/aromatic N) is 3. The number of para-hydroxylation sites is 1. The predicted molar refractivity (Wildman–Crippen MR) is 95.0 cm³/mol. The molecule has 6 heteroatoms. The van der Waals surface area contributed by atoms with Gasteiger partial charge in [0.05, 0.1) is 5.75 Å². The number of benzene rings is 2. The van der Waals surface area contributed by atoms with E-state index in [0.29, 0.717) is 11.1 Å². The Morgan fingerprint density at radius 3 is 2.50 bits per heavy atom. The molecule has 1 heterocycles. The van der Waals surface area contributed by atoms with E-state index in [9.17, 15) is 4.79 Å². The lowest BCUT2D eigenvalue weighted by atomic mass is 10.1. The molecule has 122 valence electrons. The number of anilines is 1. The van der Waals surface area contributed by atoms with Gasteiger partial charge in [-0.1, -0.05) is 47.7 Å². The SMILES string of the molecule is Cc1ccc(-c2nnc(SCC(=O)N(C)c3ccccc3)o2)cc1. The van der Waals surface area contributed by atoms with E-state index in [2.05, 4.69) is 10.2 Å². The van der Waals surface area contributed by atoms with Crippen LogP contribution in [0.3, 0.4) is 0 Å². The maximum Gasteiger partial charge on any atom is 0.277 e. The van der Waals surface area contributed by atoms with Gasteiger partial charge in [-0.15, -0.1) is 10.2 Å². The monoisotopic (exact) mass is 339 g/mol. The molecule has 0 aliphatic heterocycles. The second-order valence-corrected chi connectivity index (χ2v) is 6.24. The van der Waals surface area contributed by atoms with Crippen molar-refractivity contribution in [2.24, 2.45) is 0 Å². The summed E-state index contributed by atoms with van der Waals surface area (Å²) < 4.78 is 5.62. The van der Waals surface area contributed by atoms with Gasteiger partial charge in [-0.3, -0.25) is 4.79 Å². The number of aromatic nitrogens is 2. The quantitative estimate of drug-likeness (QED) is 0.662. The van der Waals surface area contributed by atoms with E-state index in [-0.39, 0.29) is 11.7 Å². The average molecular weight is 339 g/mol. The van der Waals surface area contributed by atoms with Gasteiger partial charge >= 0.3 is 0 Å². The fourth-order valence-electron chi connectivity index (χ4n) is 2.10. The second-order valence-electron chi connectivity index (χ2n) is 5.32. The molecule has 0 saturated heterocycles. The zero-order chi connectivity index (χ0) is 16.9. The Morgan fingerprint density at radius 1 is 1.08 bits per heavy atom. The van der Waals surface area contributed by atoms with Crippen LogP contribution in [0.4, 0.5) is 5.69 Å². The van der Waals surface area contributed by atoms with Crippen LogP contribution in [0.15, 0.2) is 64.2 Å². The molecule has 24 heavy (non-hydrogen) atoms. The molecule has 0 radical (unpaired) electrons. The summed E-state index contributed by atoms with van der Waals surface area (Å²) in [5, 5.41) is 8.42. The third kappa shape index (κ3) is 3.83. The first-order valence-electron chi connectivity index (χ1n) is 7.48. The van der Waals surface area contributed by atoms with Crippen LogP contribution in [0.25, 0.3) is 11.5 Å². The highest BCUT2D eigenvalue weighted by Crippen LogP contribution is 2.24. The van der Waals surface area contributed by atoms with Gasteiger partial charge in [0.1, 0.15) is 0 Å². The molecule has 0 saturated carbocycles. The van der Waals surface area contributed by atoms with E-state index in [4.69, 9.17) is 4.42 Å². The highest BCUT2D eigenvalue weighted by molar-refractivity contribution is 7.99. The predicted octanol–water partition coefficient (Wildman–Crippen LogP) is 3.80. The Balaban J connectivity index is 1.61. The van der Waals surface area contributed by atoms with Gasteiger partial charge in [0.15, 0.2) is 0 Å². The fourth-order valence-corrected chi connectivity index (χ4v) is 2.77. The zero-order valence-corrected chi connectivity index (χ0v) is 14.3. The zero-order valence-electron chi connectivity index (χ0n) is 13.5. The smallest absolute Gasteiger partial charge is 0.277 e. The third-order valence-electron chi connectivity index (χ3n) is 3.54. The second kappa shape index (κ2) is 7.31. The molecule has 1 amide bonds. The number of amides is 1. The minimum atomic E-state index is -0.0266. The van der Waals surface area contributed by atoms with Gasteiger partial charge in [0, 0.05) is 18.3 Å². The molecule has 5 nitrogen and oxygen atoms in total. The lowest BCUT2D eigenvalue weighted by Gasteiger charge is -2.16. The first kappa shape index (κ1) is 16.3. The van der Waals surface area contributed by atoms with Crippen molar-refractivity contribution >= 4 is 23.4 Å². The van der Waals surface area contributed by atoms with Crippen LogP contribution in [-0.2, 0) is 4.79 Å². The third-order valence-corrected chi connectivity index (χ3v) is 4.34. The lowest BCUT2D eigenvalue weighted by molar-refractivity contribution is -0.115. The molecule has 0 fully saturated rings. The van der Waals surface area contributed by atoms with Crippen LogP contribution in [0.2, 0.25) is 0 Å². The summed E-state index contributed by atoms with van der Waals surface area (Å²) in [7, 11) is 1.75. The highest BCUT2D eigenvalue weighted by atomic mass is 32.2. The van der Waals surface area contributed by atoms with Gasteiger partial charge in [0.2, 0.25) is 11.8 Å². The van der Waals surface area contributed by atoms with Crippen LogP contribution in [0, 0.1) is 6.92 Å². The molecule has 3 rings (SSSR count). The molecule has 0 aliphatic carbocycles. The molecule has 0 bridgehead atoms. The van der Waals surface area contributed by atoms with Gasteiger partial charge in [-0.2, -0.15) is 0 Å². The Kier molecular flexibility index (Phi) is 4.96. The molecule has 0 aliphatic rings. The number of carbonyl (C=O) groups is 1. The number of carbonyl (C=O) groups excluding carboxylic acids is 1. The van der Waals surface area contributed by atoms with Crippen LogP contribution >= 0.6 is 11.8 Å². The van der Waals surface area contributed by atoms with Gasteiger partial charge in [0.25, 0.3) is 5.22 Å². The number of rotatable bonds is 5. The molecule has 3 aromatic rings. The van der Waals surface area contributed by atoms with E-state index in [0.717, 1.165) is 11.3 Å². The van der Waals surface area contributed by atoms with E-state index in [1.165, 1.54) is 17.3 Å². The van der Waals surface area contributed by atoms with Crippen molar-refractivity contribution < 1.29 is 9.21 Å². The van der Waals surface area contributed by atoms with Crippen molar-refractivity contribution in [3.05, 3.63) is 60.2 Å². The van der Waals surface area contributed by atoms with Gasteiger partial charge < -0.3 is 9.32 Å². The van der Waals surface area contributed by atoms with Crippen molar-refractivity contribution in [2.75, 3.05) is 17.7 Å². The minimum Gasteiger partial charge on any atom is -0.411 e. The summed E-state index contributed by atoms with van der Waals surface area (Å²) >= 11 is 1.24. The molecule has 0 spiro atoms. The Labute approximate surface area is 144 Å². The normalized spacial score (nSPS) is 10.6. The Hall–Kier alpha value is -2.60. The van der Waals surface area contributed by atoms with Crippen LogP contribution in [-0.4, -0.2) is 28.9 Å². The van der Waals surface area contributed by atoms with Crippen LogP contribution in [0.1, 0.15) is 5.56 Å². The topological polar surface area (TPSA) is 59.2 Å². The minimum absolute atomic E-state index is 0.0266. The molecular formula is C18H17N3O2S. The standard InChI is InChI=1S/C18H17N3O2S/c1-13-8-10-14(11-9-13)17-19-20-18(23-17)24-12-16(22)21(2)15-6-4-3-5-7-15/h3-11H,12H2,1-2H3. The van der Waals surface area contributed by atoms with Crippen LogP contribution < -0.4 is 4.90 Å². The molecule has 1 aromatic heterocycles. The van der Waals surface area contributed by atoms with Crippen molar-refractivity contribution in [3.8, 4) is 11.5 Å². The molecule has 0 atom stereocenters. The number of thioether (sulfide) groups is 1. The number of hydrogen-bond donors (Lipinski definition) is 0. The van der Waals surface area contributed by atoms with Crippen LogP contribution in [0.5, 0.6) is 0 Å².